The molecule has 1 heterocycles. The van der Waals surface area contributed by atoms with Gasteiger partial charge in [0.2, 0.25) is 5.91 Å². The molecule has 0 unspecified atom stereocenters. The molecule has 0 saturated carbocycles. The van der Waals surface area contributed by atoms with Crippen LogP contribution in [0.3, 0.4) is 0 Å². The standard InChI is InChI=1S/C21H39NO2/c1-17(2)19(23)11-9-7-6-8-10-12-20(24)22-15-13-18(14-16-22)21(3,4)5/h17-18H,6-16H2,1-5H3. The van der Waals surface area contributed by atoms with Gasteiger partial charge in [0.1, 0.15) is 5.78 Å². The highest BCUT2D eigenvalue weighted by Crippen LogP contribution is 2.34. The summed E-state index contributed by atoms with van der Waals surface area (Å²) in [6.07, 6.45) is 9.10. The smallest absolute Gasteiger partial charge is 0.222 e. The SMILES string of the molecule is CC(C)C(=O)CCCCCCCC(=O)N1CCC(C(C)(C)C)CC1. The first-order valence-electron chi connectivity index (χ1n) is 10.0. The van der Waals surface area contributed by atoms with Crippen molar-refractivity contribution in [1.82, 2.24) is 4.90 Å². The number of carbonyl (C=O) groups excluding carboxylic acids is 2. The Morgan fingerprint density at radius 3 is 1.92 bits per heavy atom. The molecule has 3 nitrogen and oxygen atoms in total. The van der Waals surface area contributed by atoms with Crippen LogP contribution in [0.4, 0.5) is 0 Å². The molecule has 0 bridgehead atoms. The largest absolute Gasteiger partial charge is 0.343 e. The molecule has 1 aliphatic rings. The van der Waals surface area contributed by atoms with E-state index in [1.54, 1.807) is 0 Å². The van der Waals surface area contributed by atoms with E-state index in [1.807, 2.05) is 13.8 Å². The molecule has 1 saturated heterocycles. The summed E-state index contributed by atoms with van der Waals surface area (Å²) in [6.45, 7) is 12.8. The van der Waals surface area contributed by atoms with Gasteiger partial charge in [0.05, 0.1) is 0 Å². The van der Waals surface area contributed by atoms with Gasteiger partial charge in [0, 0.05) is 31.8 Å². The molecule has 0 aromatic rings. The first kappa shape index (κ1) is 21.2. The summed E-state index contributed by atoms with van der Waals surface area (Å²) in [5.74, 6) is 1.64. The van der Waals surface area contributed by atoms with Crippen LogP contribution in [-0.4, -0.2) is 29.7 Å². The van der Waals surface area contributed by atoms with E-state index >= 15 is 0 Å². The minimum atomic E-state index is 0.171. The van der Waals surface area contributed by atoms with Crippen LogP contribution in [0.5, 0.6) is 0 Å². The van der Waals surface area contributed by atoms with Gasteiger partial charge in [-0.3, -0.25) is 9.59 Å². The van der Waals surface area contributed by atoms with Crippen molar-refractivity contribution in [3.8, 4) is 0 Å². The summed E-state index contributed by atoms with van der Waals surface area (Å²) in [7, 11) is 0. The number of hydrogen-bond acceptors (Lipinski definition) is 2. The Morgan fingerprint density at radius 1 is 0.917 bits per heavy atom. The molecule has 1 aliphatic heterocycles. The lowest BCUT2D eigenvalue weighted by atomic mass is 9.75. The van der Waals surface area contributed by atoms with E-state index in [-0.39, 0.29) is 5.92 Å². The fourth-order valence-electron chi connectivity index (χ4n) is 3.55. The Labute approximate surface area is 149 Å². The molecule has 24 heavy (non-hydrogen) atoms. The number of rotatable bonds is 9. The quantitative estimate of drug-likeness (QED) is 0.540. The number of likely N-dealkylation sites (tertiary alicyclic amines) is 1. The Balaban J connectivity index is 2.06. The molecule has 1 fully saturated rings. The summed E-state index contributed by atoms with van der Waals surface area (Å²) in [5, 5.41) is 0. The highest BCUT2D eigenvalue weighted by molar-refractivity contribution is 5.80. The second-order valence-electron chi connectivity index (χ2n) is 8.91. The third-order valence-corrected chi connectivity index (χ3v) is 5.53. The Hall–Kier alpha value is -0.860. The minimum Gasteiger partial charge on any atom is -0.343 e. The van der Waals surface area contributed by atoms with Crippen LogP contribution in [0.2, 0.25) is 0 Å². The van der Waals surface area contributed by atoms with Crippen molar-refractivity contribution in [3.05, 3.63) is 0 Å². The van der Waals surface area contributed by atoms with E-state index in [4.69, 9.17) is 0 Å². The maximum absolute atomic E-state index is 12.3. The van der Waals surface area contributed by atoms with Gasteiger partial charge in [0.25, 0.3) is 0 Å². The molecule has 0 aromatic heterocycles. The zero-order chi connectivity index (χ0) is 18.2. The van der Waals surface area contributed by atoms with Crippen molar-refractivity contribution in [3.63, 3.8) is 0 Å². The average Bonchev–Trinajstić information content (AvgIpc) is 2.52. The fourth-order valence-corrected chi connectivity index (χ4v) is 3.55. The van der Waals surface area contributed by atoms with Crippen LogP contribution in [-0.2, 0) is 9.59 Å². The zero-order valence-corrected chi connectivity index (χ0v) is 16.7. The van der Waals surface area contributed by atoms with Crippen LogP contribution in [0.25, 0.3) is 0 Å². The van der Waals surface area contributed by atoms with Crippen LogP contribution in [0, 0.1) is 17.3 Å². The number of nitrogens with zero attached hydrogens (tertiary/aromatic N) is 1. The van der Waals surface area contributed by atoms with Crippen LogP contribution in [0.1, 0.15) is 92.4 Å². The monoisotopic (exact) mass is 337 g/mol. The molecule has 1 rings (SSSR count). The Kier molecular flexibility index (Phi) is 9.01. The summed E-state index contributed by atoms with van der Waals surface area (Å²) in [5.41, 5.74) is 0.367. The molecule has 0 aromatic carbocycles. The maximum atomic E-state index is 12.3. The van der Waals surface area contributed by atoms with Gasteiger partial charge in [0.15, 0.2) is 0 Å². The molecule has 0 aliphatic carbocycles. The van der Waals surface area contributed by atoms with Gasteiger partial charge in [-0.15, -0.1) is 0 Å². The molecule has 0 radical (unpaired) electrons. The topological polar surface area (TPSA) is 37.4 Å². The average molecular weight is 338 g/mol. The summed E-state index contributed by atoms with van der Waals surface area (Å²) < 4.78 is 0. The van der Waals surface area contributed by atoms with E-state index in [2.05, 4.69) is 25.7 Å². The van der Waals surface area contributed by atoms with E-state index in [0.717, 1.165) is 70.4 Å². The van der Waals surface area contributed by atoms with Crippen LogP contribution in [0.15, 0.2) is 0 Å². The van der Waals surface area contributed by atoms with Gasteiger partial charge in [-0.25, -0.2) is 0 Å². The van der Waals surface area contributed by atoms with Gasteiger partial charge in [-0.1, -0.05) is 53.9 Å². The second-order valence-corrected chi connectivity index (χ2v) is 8.91. The van der Waals surface area contributed by atoms with Crippen molar-refractivity contribution in [2.45, 2.75) is 92.4 Å². The van der Waals surface area contributed by atoms with Crippen LogP contribution >= 0.6 is 0 Å². The minimum absolute atomic E-state index is 0.171. The number of hydrogen-bond donors (Lipinski definition) is 0. The second kappa shape index (κ2) is 10.2. The normalized spacial score (nSPS) is 16.7. The lowest BCUT2D eigenvalue weighted by Crippen LogP contribution is -2.41. The number of piperidine rings is 1. The lowest BCUT2D eigenvalue weighted by molar-refractivity contribution is -0.133. The van der Waals surface area contributed by atoms with E-state index in [0.29, 0.717) is 23.5 Å². The number of amides is 1. The Morgan fingerprint density at radius 2 is 1.42 bits per heavy atom. The molecule has 3 heteroatoms. The number of Topliss-reactive ketones (excluding diaryl/α,β-unsaturated/α-hetero) is 1. The van der Waals surface area contributed by atoms with Gasteiger partial charge < -0.3 is 4.90 Å². The summed E-state index contributed by atoms with van der Waals surface area (Å²) >= 11 is 0. The molecule has 0 atom stereocenters. The molecular formula is C21H39NO2. The van der Waals surface area contributed by atoms with Crippen molar-refractivity contribution in [2.75, 3.05) is 13.1 Å². The summed E-state index contributed by atoms with van der Waals surface area (Å²) in [6, 6.07) is 0. The van der Waals surface area contributed by atoms with Crippen molar-refractivity contribution in [1.29, 1.82) is 0 Å². The predicted octanol–water partition coefficient (Wildman–Crippen LogP) is 5.23. The van der Waals surface area contributed by atoms with Crippen molar-refractivity contribution in [2.24, 2.45) is 17.3 Å². The number of unbranched alkanes of at least 4 members (excludes halogenated alkanes) is 4. The number of carbonyl (C=O) groups is 2. The van der Waals surface area contributed by atoms with Gasteiger partial charge in [-0.2, -0.15) is 0 Å². The summed E-state index contributed by atoms with van der Waals surface area (Å²) in [4.78, 5) is 25.9. The highest BCUT2D eigenvalue weighted by Gasteiger charge is 2.30. The van der Waals surface area contributed by atoms with Gasteiger partial charge >= 0.3 is 0 Å². The van der Waals surface area contributed by atoms with Crippen molar-refractivity contribution >= 4 is 11.7 Å². The molecule has 0 spiro atoms. The Bertz CT molecular complexity index is 387. The maximum Gasteiger partial charge on any atom is 0.222 e. The molecule has 140 valence electrons. The van der Waals surface area contributed by atoms with E-state index in [9.17, 15) is 9.59 Å². The number of ketones is 1. The van der Waals surface area contributed by atoms with Crippen LogP contribution < -0.4 is 0 Å². The third-order valence-electron chi connectivity index (χ3n) is 5.53. The molecular weight excluding hydrogens is 298 g/mol. The highest BCUT2D eigenvalue weighted by atomic mass is 16.2. The van der Waals surface area contributed by atoms with E-state index < -0.39 is 0 Å². The lowest BCUT2D eigenvalue weighted by Gasteiger charge is -2.38. The molecule has 1 amide bonds. The first-order chi connectivity index (χ1) is 11.2. The third kappa shape index (κ3) is 7.81. The predicted molar refractivity (Wildman–Crippen MR) is 101 cm³/mol. The van der Waals surface area contributed by atoms with Gasteiger partial charge in [-0.05, 0) is 37.0 Å². The van der Waals surface area contributed by atoms with E-state index in [1.165, 1.54) is 0 Å². The fraction of sp³-hybridized carbons (Fsp3) is 0.905. The molecule has 0 N–H and O–H groups in total. The zero-order valence-electron chi connectivity index (χ0n) is 16.7. The first-order valence-corrected chi connectivity index (χ1v) is 10.0. The van der Waals surface area contributed by atoms with Crippen molar-refractivity contribution < 1.29 is 9.59 Å².